The van der Waals surface area contributed by atoms with Crippen LogP contribution in [0.1, 0.15) is 6.42 Å². The van der Waals surface area contributed by atoms with Crippen molar-refractivity contribution in [1.82, 2.24) is 0 Å². The van der Waals surface area contributed by atoms with Gasteiger partial charge in [0.15, 0.2) is 0 Å². The Hall–Kier alpha value is -0.150. The highest BCUT2D eigenvalue weighted by atomic mass is 79.9. The zero-order chi connectivity index (χ0) is 14.0. The van der Waals surface area contributed by atoms with E-state index in [1.807, 2.05) is 0 Å². The Morgan fingerprint density at radius 1 is 1.37 bits per heavy atom. The Kier molecular flexibility index (Phi) is 4.88. The first kappa shape index (κ1) is 15.2. The van der Waals surface area contributed by atoms with Crippen LogP contribution in [-0.4, -0.2) is 28.2 Å². The summed E-state index contributed by atoms with van der Waals surface area (Å²) in [4.78, 5) is 0.0304. The fourth-order valence-corrected chi connectivity index (χ4v) is 4.04. The summed E-state index contributed by atoms with van der Waals surface area (Å²) in [5.41, 5.74) is 0. The minimum Gasteiger partial charge on any atom is -0.491 e. The Bertz CT molecular complexity index is 547. The van der Waals surface area contributed by atoms with Crippen molar-refractivity contribution < 1.29 is 17.9 Å². The summed E-state index contributed by atoms with van der Waals surface area (Å²) in [5.74, 6) is 0.941. The van der Waals surface area contributed by atoms with Gasteiger partial charge >= 0.3 is 0 Å². The first-order chi connectivity index (χ1) is 8.88. The van der Waals surface area contributed by atoms with Gasteiger partial charge in [-0.25, -0.2) is 13.6 Å². The summed E-state index contributed by atoms with van der Waals surface area (Å²) < 4.78 is 34.7. The SMILES string of the molecule is NS(=O)(=O)c1cc(Br)c(OCC2CCOC2)c(Br)c1. The molecule has 8 heteroatoms. The number of hydrogen-bond donors (Lipinski definition) is 1. The number of sulfonamides is 1. The number of benzene rings is 1. The van der Waals surface area contributed by atoms with E-state index in [0.29, 0.717) is 33.8 Å². The van der Waals surface area contributed by atoms with Crippen molar-refractivity contribution in [2.45, 2.75) is 11.3 Å². The normalized spacial score (nSPS) is 19.6. The molecule has 0 spiro atoms. The first-order valence-electron chi connectivity index (χ1n) is 5.60. The molecule has 0 saturated carbocycles. The van der Waals surface area contributed by atoms with Crippen molar-refractivity contribution in [2.75, 3.05) is 19.8 Å². The molecule has 1 aromatic carbocycles. The average molecular weight is 415 g/mol. The predicted molar refractivity (Wildman–Crippen MR) is 77.6 cm³/mol. The third kappa shape index (κ3) is 3.91. The van der Waals surface area contributed by atoms with Crippen molar-refractivity contribution >= 4 is 41.9 Å². The predicted octanol–water partition coefficient (Wildman–Crippen LogP) is 2.27. The molecule has 2 rings (SSSR count). The fourth-order valence-electron chi connectivity index (χ4n) is 1.75. The van der Waals surface area contributed by atoms with E-state index in [9.17, 15) is 8.42 Å². The van der Waals surface area contributed by atoms with Gasteiger partial charge in [0, 0.05) is 12.5 Å². The van der Waals surface area contributed by atoms with Gasteiger partial charge in [-0.2, -0.15) is 0 Å². The lowest BCUT2D eigenvalue weighted by Gasteiger charge is -2.14. The molecule has 0 radical (unpaired) electrons. The van der Waals surface area contributed by atoms with E-state index < -0.39 is 10.0 Å². The third-order valence-corrected chi connectivity index (χ3v) is 4.86. The van der Waals surface area contributed by atoms with Crippen LogP contribution in [0, 0.1) is 5.92 Å². The zero-order valence-corrected chi connectivity index (χ0v) is 13.9. The molecule has 1 aliphatic rings. The number of rotatable bonds is 4. The summed E-state index contributed by atoms with van der Waals surface area (Å²) in [7, 11) is -3.73. The molecular formula is C11H13Br2NO4S. The second kappa shape index (κ2) is 6.09. The van der Waals surface area contributed by atoms with Gasteiger partial charge in [0.1, 0.15) is 5.75 Å². The molecule has 1 unspecified atom stereocenters. The Morgan fingerprint density at radius 3 is 2.47 bits per heavy atom. The van der Waals surface area contributed by atoms with Crippen LogP contribution < -0.4 is 9.88 Å². The number of halogens is 2. The lowest BCUT2D eigenvalue weighted by atomic mass is 10.1. The Balaban J connectivity index is 2.17. The van der Waals surface area contributed by atoms with E-state index in [-0.39, 0.29) is 4.90 Å². The van der Waals surface area contributed by atoms with Crippen molar-refractivity contribution in [3.63, 3.8) is 0 Å². The molecule has 1 aromatic rings. The number of primary sulfonamides is 1. The molecule has 2 N–H and O–H groups in total. The van der Waals surface area contributed by atoms with E-state index in [2.05, 4.69) is 31.9 Å². The molecule has 1 atom stereocenters. The molecule has 1 saturated heterocycles. The van der Waals surface area contributed by atoms with Crippen LogP contribution >= 0.6 is 31.9 Å². The van der Waals surface area contributed by atoms with Crippen LogP contribution in [0.5, 0.6) is 5.75 Å². The van der Waals surface area contributed by atoms with Crippen LogP contribution in [0.4, 0.5) is 0 Å². The maximum atomic E-state index is 11.3. The second-order valence-corrected chi connectivity index (χ2v) is 7.57. The van der Waals surface area contributed by atoms with Gasteiger partial charge in [0.25, 0.3) is 0 Å². The van der Waals surface area contributed by atoms with Crippen LogP contribution in [-0.2, 0) is 14.8 Å². The van der Waals surface area contributed by atoms with Gasteiger partial charge in [-0.15, -0.1) is 0 Å². The lowest BCUT2D eigenvalue weighted by molar-refractivity contribution is 0.166. The molecule has 5 nitrogen and oxygen atoms in total. The third-order valence-electron chi connectivity index (χ3n) is 2.79. The van der Waals surface area contributed by atoms with Gasteiger partial charge in [-0.1, -0.05) is 0 Å². The molecule has 0 aromatic heterocycles. The summed E-state index contributed by atoms with van der Waals surface area (Å²) in [6.07, 6.45) is 0.977. The van der Waals surface area contributed by atoms with Crippen molar-refractivity contribution in [3.8, 4) is 5.75 Å². The van der Waals surface area contributed by atoms with E-state index in [0.717, 1.165) is 13.0 Å². The molecule has 0 amide bonds. The summed E-state index contributed by atoms with van der Waals surface area (Å²) >= 11 is 6.59. The van der Waals surface area contributed by atoms with Crippen molar-refractivity contribution in [3.05, 3.63) is 21.1 Å². The number of ether oxygens (including phenoxy) is 2. The van der Waals surface area contributed by atoms with E-state index in [1.165, 1.54) is 12.1 Å². The smallest absolute Gasteiger partial charge is 0.238 e. The Morgan fingerprint density at radius 2 is 2.00 bits per heavy atom. The molecule has 1 heterocycles. The standard InChI is InChI=1S/C11H13Br2NO4S/c12-9-3-8(19(14,15)16)4-10(13)11(9)18-6-7-1-2-17-5-7/h3-4,7H,1-2,5-6H2,(H2,14,15,16). The van der Waals surface area contributed by atoms with Crippen LogP contribution in [0.3, 0.4) is 0 Å². The van der Waals surface area contributed by atoms with Crippen LogP contribution in [0.2, 0.25) is 0 Å². The molecule has 0 aliphatic carbocycles. The average Bonchev–Trinajstić information content (AvgIpc) is 2.79. The lowest BCUT2D eigenvalue weighted by Crippen LogP contribution is -2.14. The molecular weight excluding hydrogens is 402 g/mol. The highest BCUT2D eigenvalue weighted by Crippen LogP contribution is 2.36. The first-order valence-corrected chi connectivity index (χ1v) is 8.73. The van der Waals surface area contributed by atoms with Gasteiger partial charge in [-0.3, -0.25) is 0 Å². The highest BCUT2D eigenvalue weighted by Gasteiger charge is 2.19. The van der Waals surface area contributed by atoms with Crippen molar-refractivity contribution in [2.24, 2.45) is 11.1 Å². The van der Waals surface area contributed by atoms with E-state index in [1.54, 1.807) is 0 Å². The van der Waals surface area contributed by atoms with Crippen molar-refractivity contribution in [1.29, 1.82) is 0 Å². The Labute approximate surface area is 128 Å². The topological polar surface area (TPSA) is 78.6 Å². The minimum atomic E-state index is -3.73. The van der Waals surface area contributed by atoms with Gasteiger partial charge in [-0.05, 0) is 50.4 Å². The summed E-state index contributed by atoms with van der Waals surface area (Å²) in [6, 6.07) is 2.86. The van der Waals surface area contributed by atoms with E-state index in [4.69, 9.17) is 14.6 Å². The van der Waals surface area contributed by atoms with Crippen LogP contribution in [0.15, 0.2) is 26.0 Å². The molecule has 0 bridgehead atoms. The quantitative estimate of drug-likeness (QED) is 0.819. The largest absolute Gasteiger partial charge is 0.491 e. The molecule has 1 fully saturated rings. The van der Waals surface area contributed by atoms with Gasteiger partial charge in [0.05, 0.1) is 27.1 Å². The maximum Gasteiger partial charge on any atom is 0.238 e. The van der Waals surface area contributed by atoms with Crippen LogP contribution in [0.25, 0.3) is 0 Å². The number of nitrogens with two attached hydrogens (primary N) is 1. The fraction of sp³-hybridized carbons (Fsp3) is 0.455. The maximum absolute atomic E-state index is 11.3. The monoisotopic (exact) mass is 413 g/mol. The zero-order valence-electron chi connectivity index (χ0n) is 9.93. The highest BCUT2D eigenvalue weighted by molar-refractivity contribution is 9.11. The number of hydrogen-bond acceptors (Lipinski definition) is 4. The molecule has 19 heavy (non-hydrogen) atoms. The summed E-state index contributed by atoms with van der Waals surface area (Å²) in [5, 5.41) is 5.09. The van der Waals surface area contributed by atoms with Gasteiger partial charge < -0.3 is 9.47 Å². The van der Waals surface area contributed by atoms with Gasteiger partial charge in [0.2, 0.25) is 10.0 Å². The van der Waals surface area contributed by atoms with E-state index >= 15 is 0 Å². The molecule has 1 aliphatic heterocycles. The second-order valence-electron chi connectivity index (χ2n) is 4.30. The molecule has 106 valence electrons. The minimum absolute atomic E-state index is 0.0304. The summed E-state index contributed by atoms with van der Waals surface area (Å²) in [6.45, 7) is 2.00.